The summed E-state index contributed by atoms with van der Waals surface area (Å²) in [6.45, 7) is 7.09. The Balaban J connectivity index is 1.93. The molecule has 0 saturated heterocycles. The molecule has 1 atom stereocenters. The molecule has 1 aliphatic heterocycles. The third kappa shape index (κ3) is 2.12. The van der Waals surface area contributed by atoms with E-state index < -0.39 is 0 Å². The summed E-state index contributed by atoms with van der Waals surface area (Å²) < 4.78 is 10.1. The van der Waals surface area contributed by atoms with E-state index in [9.17, 15) is 0 Å². The van der Waals surface area contributed by atoms with Gasteiger partial charge >= 0.3 is 0 Å². The fraction of sp³-hybridized carbons (Fsp3) is 0.318. The number of hydrogen-bond donors (Lipinski definition) is 0. The largest absolute Gasteiger partial charge is 0.356 e. The van der Waals surface area contributed by atoms with E-state index in [1.807, 2.05) is 11.3 Å². The first-order valence-corrected chi connectivity index (χ1v) is 10.1. The van der Waals surface area contributed by atoms with E-state index in [1.54, 1.807) is 0 Å². The van der Waals surface area contributed by atoms with Gasteiger partial charge in [-0.3, -0.25) is 0 Å². The van der Waals surface area contributed by atoms with Gasteiger partial charge in [-0.1, -0.05) is 30.3 Å². The van der Waals surface area contributed by atoms with E-state index in [2.05, 4.69) is 67.8 Å². The molecule has 4 heterocycles. The Morgan fingerprint density at radius 3 is 2.77 bits per heavy atom. The minimum Gasteiger partial charge on any atom is -0.356 e. The number of ether oxygens (including phenoxy) is 1. The number of hydrogen-bond acceptors (Lipinski definition) is 3. The Morgan fingerprint density at radius 2 is 2.00 bits per heavy atom. The molecule has 4 aromatic rings. The van der Waals surface area contributed by atoms with Gasteiger partial charge in [-0.15, -0.1) is 11.3 Å². The summed E-state index contributed by atoms with van der Waals surface area (Å²) in [6, 6.07) is 15.1. The second-order valence-electron chi connectivity index (χ2n) is 7.22. The normalized spacial score (nSPS) is 19.5. The lowest BCUT2D eigenvalue weighted by atomic mass is 10.0. The predicted octanol–water partition coefficient (Wildman–Crippen LogP) is 5.88. The highest BCUT2D eigenvalue weighted by molar-refractivity contribution is 7.26. The Labute approximate surface area is 157 Å². The van der Waals surface area contributed by atoms with Crippen LogP contribution in [0.15, 0.2) is 42.5 Å². The SMILES string of the molecule is CCOC1(C)CCc2c(-c3ccccc3)c3sc4nc(C)ccc4c3n21. The maximum atomic E-state index is 6.26. The highest BCUT2D eigenvalue weighted by Crippen LogP contribution is 2.50. The number of pyridine rings is 1. The molecule has 0 amide bonds. The van der Waals surface area contributed by atoms with Crippen LogP contribution in [0.4, 0.5) is 0 Å². The standard InChI is InChI=1S/C22H22N2OS/c1-4-25-22(3)13-12-17-18(15-8-6-5-7-9-15)20-19(24(17)22)16-11-10-14(2)23-21(16)26-20/h5-11H,4,12-13H2,1-3H3. The zero-order valence-corrected chi connectivity index (χ0v) is 16.2. The van der Waals surface area contributed by atoms with Gasteiger partial charge in [0.1, 0.15) is 10.6 Å². The second kappa shape index (κ2) is 5.66. The van der Waals surface area contributed by atoms with Gasteiger partial charge < -0.3 is 9.30 Å². The summed E-state index contributed by atoms with van der Waals surface area (Å²) in [5, 5.41) is 1.24. The average molecular weight is 362 g/mol. The summed E-state index contributed by atoms with van der Waals surface area (Å²) in [5.74, 6) is 0. The van der Waals surface area contributed by atoms with E-state index in [-0.39, 0.29) is 5.72 Å². The van der Waals surface area contributed by atoms with Crippen molar-refractivity contribution in [2.75, 3.05) is 6.61 Å². The molecule has 0 spiro atoms. The summed E-state index contributed by atoms with van der Waals surface area (Å²) in [7, 11) is 0. The number of aromatic nitrogens is 2. The Bertz CT molecular complexity index is 1130. The molecule has 3 nitrogen and oxygen atoms in total. The second-order valence-corrected chi connectivity index (χ2v) is 8.22. The number of rotatable bonds is 3. The quantitative estimate of drug-likeness (QED) is 0.455. The number of aryl methyl sites for hydroxylation is 1. The van der Waals surface area contributed by atoms with Crippen LogP contribution in [0, 0.1) is 6.92 Å². The Morgan fingerprint density at radius 1 is 1.19 bits per heavy atom. The summed E-state index contributed by atoms with van der Waals surface area (Å²) in [4.78, 5) is 5.92. The number of nitrogens with zero attached hydrogens (tertiary/aromatic N) is 2. The molecule has 5 rings (SSSR count). The average Bonchev–Trinajstić information content (AvgIpc) is 3.24. The summed E-state index contributed by atoms with van der Waals surface area (Å²) in [5.41, 5.74) is 6.13. The Kier molecular flexibility index (Phi) is 3.49. The monoisotopic (exact) mass is 362 g/mol. The topological polar surface area (TPSA) is 27.1 Å². The van der Waals surface area contributed by atoms with Crippen molar-refractivity contribution in [3.05, 3.63) is 53.9 Å². The lowest BCUT2D eigenvalue weighted by molar-refractivity contribution is -0.0780. The molecule has 0 bridgehead atoms. The van der Waals surface area contributed by atoms with Crippen molar-refractivity contribution in [3.63, 3.8) is 0 Å². The molecule has 1 aromatic carbocycles. The number of benzene rings is 1. The molecule has 4 heteroatoms. The molecule has 0 saturated carbocycles. The lowest BCUT2D eigenvalue weighted by Crippen LogP contribution is -2.29. The molecule has 1 aliphatic rings. The molecule has 3 aromatic heterocycles. The summed E-state index contributed by atoms with van der Waals surface area (Å²) >= 11 is 1.81. The van der Waals surface area contributed by atoms with E-state index in [1.165, 1.54) is 32.4 Å². The molecular formula is C22H22N2OS. The van der Waals surface area contributed by atoms with Gasteiger partial charge in [-0.2, -0.15) is 0 Å². The van der Waals surface area contributed by atoms with Crippen LogP contribution >= 0.6 is 11.3 Å². The molecule has 26 heavy (non-hydrogen) atoms. The van der Waals surface area contributed by atoms with Crippen molar-refractivity contribution in [1.82, 2.24) is 9.55 Å². The predicted molar refractivity (Wildman–Crippen MR) is 109 cm³/mol. The van der Waals surface area contributed by atoms with Gasteiger partial charge in [0.2, 0.25) is 0 Å². The molecule has 1 unspecified atom stereocenters. The van der Waals surface area contributed by atoms with Crippen molar-refractivity contribution in [1.29, 1.82) is 0 Å². The van der Waals surface area contributed by atoms with Crippen molar-refractivity contribution < 1.29 is 4.74 Å². The van der Waals surface area contributed by atoms with Gasteiger partial charge in [0.15, 0.2) is 0 Å². The lowest BCUT2D eigenvalue weighted by Gasteiger charge is -2.27. The number of fused-ring (bicyclic) bond motifs is 5. The molecule has 132 valence electrons. The molecule has 0 radical (unpaired) electrons. The van der Waals surface area contributed by atoms with Crippen molar-refractivity contribution >= 4 is 31.8 Å². The van der Waals surface area contributed by atoms with E-state index in [4.69, 9.17) is 9.72 Å². The zero-order chi connectivity index (χ0) is 17.9. The third-order valence-electron chi connectivity index (χ3n) is 5.49. The highest BCUT2D eigenvalue weighted by Gasteiger charge is 2.39. The minimum atomic E-state index is -0.283. The van der Waals surface area contributed by atoms with Gasteiger partial charge in [0, 0.05) is 35.4 Å². The maximum Gasteiger partial charge on any atom is 0.142 e. The van der Waals surface area contributed by atoms with Crippen molar-refractivity contribution in [3.8, 4) is 11.1 Å². The summed E-state index contributed by atoms with van der Waals surface area (Å²) in [6.07, 6.45) is 2.06. The first kappa shape index (κ1) is 16.0. The highest BCUT2D eigenvalue weighted by atomic mass is 32.1. The van der Waals surface area contributed by atoms with E-state index >= 15 is 0 Å². The van der Waals surface area contributed by atoms with Gasteiger partial charge in [-0.25, -0.2) is 4.98 Å². The van der Waals surface area contributed by atoms with Crippen LogP contribution in [0.3, 0.4) is 0 Å². The van der Waals surface area contributed by atoms with Crippen molar-refractivity contribution in [2.24, 2.45) is 0 Å². The van der Waals surface area contributed by atoms with Crippen LogP contribution in [0.25, 0.3) is 31.6 Å². The zero-order valence-electron chi connectivity index (χ0n) is 15.4. The van der Waals surface area contributed by atoms with E-state index in [0.29, 0.717) is 0 Å². The van der Waals surface area contributed by atoms with E-state index in [0.717, 1.165) is 30.0 Å². The number of thiophene rings is 1. The van der Waals surface area contributed by atoms with Gasteiger partial charge in [0.05, 0.1) is 10.2 Å². The molecular weight excluding hydrogens is 340 g/mol. The third-order valence-corrected chi connectivity index (χ3v) is 6.60. The minimum absolute atomic E-state index is 0.283. The van der Waals surface area contributed by atoms with Crippen molar-refractivity contribution in [2.45, 2.75) is 39.3 Å². The maximum absolute atomic E-state index is 6.26. The van der Waals surface area contributed by atoms with Crippen LogP contribution < -0.4 is 0 Å². The van der Waals surface area contributed by atoms with Crippen LogP contribution in [-0.2, 0) is 16.9 Å². The van der Waals surface area contributed by atoms with Gasteiger partial charge in [0.25, 0.3) is 0 Å². The fourth-order valence-electron chi connectivity index (χ4n) is 4.40. The molecule has 0 N–H and O–H groups in total. The fourth-order valence-corrected chi connectivity index (χ4v) is 5.69. The first-order chi connectivity index (χ1) is 12.6. The van der Waals surface area contributed by atoms with Crippen LogP contribution in [-0.4, -0.2) is 16.2 Å². The van der Waals surface area contributed by atoms with Crippen LogP contribution in [0.5, 0.6) is 0 Å². The molecule has 0 fully saturated rings. The van der Waals surface area contributed by atoms with Crippen LogP contribution in [0.2, 0.25) is 0 Å². The molecule has 0 aliphatic carbocycles. The smallest absolute Gasteiger partial charge is 0.142 e. The first-order valence-electron chi connectivity index (χ1n) is 9.25. The van der Waals surface area contributed by atoms with Crippen LogP contribution in [0.1, 0.15) is 31.7 Å². The Hall–Kier alpha value is -2.17. The van der Waals surface area contributed by atoms with Gasteiger partial charge in [-0.05, 0) is 44.9 Å².